The molecule has 0 aliphatic rings. The molecule has 0 atom stereocenters. The van der Waals surface area contributed by atoms with E-state index in [0.717, 1.165) is 32.3 Å². The van der Waals surface area contributed by atoms with Gasteiger partial charge in [0.2, 0.25) is 4.80 Å². The maximum Gasteiger partial charge on any atom is 0.211 e. The molecule has 0 saturated heterocycles. The van der Waals surface area contributed by atoms with Gasteiger partial charge in [0.05, 0.1) is 32.0 Å². The second kappa shape index (κ2) is 8.41. The molecule has 0 saturated carbocycles. The van der Waals surface area contributed by atoms with E-state index in [1.54, 1.807) is 35.9 Å². The molecule has 4 aromatic rings. The number of nitrogens with zero attached hydrogens (tertiary/aromatic N) is 4. The van der Waals surface area contributed by atoms with Crippen LogP contribution in [0.25, 0.3) is 10.6 Å². The van der Waals surface area contributed by atoms with E-state index in [1.807, 2.05) is 41.2 Å². The predicted molar refractivity (Wildman–Crippen MR) is 119 cm³/mol. The highest BCUT2D eigenvalue weighted by atomic mass is 35.5. The van der Waals surface area contributed by atoms with Gasteiger partial charge in [0.1, 0.15) is 0 Å². The largest absolute Gasteiger partial charge is 0.264 e. The van der Waals surface area contributed by atoms with Gasteiger partial charge in [-0.05, 0) is 42.6 Å². The van der Waals surface area contributed by atoms with E-state index in [1.165, 1.54) is 11.3 Å². The Balaban J connectivity index is 1.88. The van der Waals surface area contributed by atoms with Gasteiger partial charge in [-0.15, -0.1) is 22.7 Å². The van der Waals surface area contributed by atoms with Gasteiger partial charge in [0, 0.05) is 23.3 Å². The number of pyridine rings is 1. The van der Waals surface area contributed by atoms with Crippen molar-refractivity contribution in [3.63, 3.8) is 0 Å². The summed E-state index contributed by atoms with van der Waals surface area (Å²) in [6.07, 6.45) is 3.54. The Hall–Kier alpha value is -2.25. The first-order valence-electron chi connectivity index (χ1n) is 8.32. The van der Waals surface area contributed by atoms with Crippen molar-refractivity contribution >= 4 is 57.3 Å². The molecule has 1 aromatic carbocycles. The van der Waals surface area contributed by atoms with Crippen molar-refractivity contribution in [3.8, 4) is 10.6 Å². The molecule has 0 bridgehead atoms. The van der Waals surface area contributed by atoms with Gasteiger partial charge in [-0.2, -0.15) is 5.10 Å². The summed E-state index contributed by atoms with van der Waals surface area (Å²) in [5, 5.41) is 9.92. The molecule has 0 aliphatic heterocycles. The number of hydrogen-bond donors (Lipinski definition) is 0. The monoisotopic (exact) mass is 444 g/mol. The van der Waals surface area contributed by atoms with E-state index in [4.69, 9.17) is 33.3 Å². The fourth-order valence-electron chi connectivity index (χ4n) is 2.52. The summed E-state index contributed by atoms with van der Waals surface area (Å²) in [7, 11) is 0. The lowest BCUT2D eigenvalue weighted by molar-refractivity contribution is 0.849. The fraction of sp³-hybridized carbons (Fsp3) is 0.0500. The minimum absolute atomic E-state index is 0.472. The van der Waals surface area contributed by atoms with Crippen molar-refractivity contribution in [2.24, 2.45) is 10.1 Å². The standard InChI is InChI=1S/C20H14Cl2N4S2/c1-13(14-4-2-8-23-11-14)25-26-18(19-5-3-9-27-19)12-28-20(26)24-15-6-7-16(21)17(22)10-15/h2-12H,1H3. The lowest BCUT2D eigenvalue weighted by Crippen LogP contribution is -2.13. The average molecular weight is 445 g/mol. The lowest BCUT2D eigenvalue weighted by Gasteiger charge is -2.05. The Morgan fingerprint density at radius 1 is 1.07 bits per heavy atom. The van der Waals surface area contributed by atoms with Crippen molar-refractivity contribution in [2.75, 3.05) is 0 Å². The summed E-state index contributed by atoms with van der Waals surface area (Å²) in [5.41, 5.74) is 3.51. The van der Waals surface area contributed by atoms with Crippen LogP contribution in [-0.2, 0) is 0 Å². The van der Waals surface area contributed by atoms with E-state index in [0.29, 0.717) is 10.0 Å². The third-order valence-corrected chi connectivity index (χ3v) is 6.36. The summed E-state index contributed by atoms with van der Waals surface area (Å²) < 4.78 is 1.86. The first-order chi connectivity index (χ1) is 13.6. The summed E-state index contributed by atoms with van der Waals surface area (Å²) in [5.74, 6) is 0. The van der Waals surface area contributed by atoms with Crippen molar-refractivity contribution in [1.29, 1.82) is 0 Å². The third-order valence-electron chi connectivity index (χ3n) is 3.92. The maximum atomic E-state index is 6.14. The van der Waals surface area contributed by atoms with Crippen LogP contribution in [0.15, 0.2) is 75.7 Å². The molecule has 0 N–H and O–H groups in total. The van der Waals surface area contributed by atoms with Crippen LogP contribution in [0.4, 0.5) is 5.69 Å². The van der Waals surface area contributed by atoms with Crippen LogP contribution in [0.2, 0.25) is 10.0 Å². The minimum atomic E-state index is 0.472. The van der Waals surface area contributed by atoms with Gasteiger partial charge >= 0.3 is 0 Å². The summed E-state index contributed by atoms with van der Waals surface area (Å²) in [6, 6.07) is 13.3. The zero-order chi connectivity index (χ0) is 19.5. The summed E-state index contributed by atoms with van der Waals surface area (Å²) >= 11 is 15.3. The molecule has 0 spiro atoms. The van der Waals surface area contributed by atoms with Gasteiger partial charge in [-0.3, -0.25) is 4.98 Å². The van der Waals surface area contributed by atoms with E-state index >= 15 is 0 Å². The Morgan fingerprint density at radius 3 is 2.68 bits per heavy atom. The second-order valence-corrected chi connectivity index (χ2v) is 8.43. The molecule has 4 nitrogen and oxygen atoms in total. The van der Waals surface area contributed by atoms with Crippen LogP contribution >= 0.6 is 45.9 Å². The van der Waals surface area contributed by atoms with E-state index in [9.17, 15) is 0 Å². The molecule has 0 radical (unpaired) electrons. The normalized spacial score (nSPS) is 12.5. The predicted octanol–water partition coefficient (Wildman–Crippen LogP) is 6.48. The lowest BCUT2D eigenvalue weighted by atomic mass is 10.2. The number of halogens is 2. The van der Waals surface area contributed by atoms with Gasteiger partial charge in [-0.25, -0.2) is 9.67 Å². The van der Waals surface area contributed by atoms with Crippen LogP contribution < -0.4 is 4.80 Å². The molecular formula is C20H14Cl2N4S2. The molecular weight excluding hydrogens is 431 g/mol. The molecule has 0 fully saturated rings. The molecule has 3 aromatic heterocycles. The number of benzene rings is 1. The van der Waals surface area contributed by atoms with Crippen molar-refractivity contribution in [3.05, 3.63) is 86.0 Å². The van der Waals surface area contributed by atoms with E-state index in [-0.39, 0.29) is 0 Å². The molecule has 0 unspecified atom stereocenters. The number of thiophene rings is 1. The van der Waals surface area contributed by atoms with Crippen LogP contribution in [-0.4, -0.2) is 15.4 Å². The topological polar surface area (TPSA) is 42.5 Å². The third kappa shape index (κ3) is 4.10. The summed E-state index contributed by atoms with van der Waals surface area (Å²) in [4.78, 5) is 10.8. The Kier molecular flexibility index (Phi) is 5.73. The van der Waals surface area contributed by atoms with E-state index in [2.05, 4.69) is 16.4 Å². The number of rotatable bonds is 4. The number of thiazole rings is 1. The first-order valence-corrected chi connectivity index (χ1v) is 10.8. The Bertz CT molecular complexity index is 1190. The van der Waals surface area contributed by atoms with Crippen molar-refractivity contribution in [1.82, 2.24) is 9.66 Å². The maximum absolute atomic E-state index is 6.14. The molecule has 140 valence electrons. The van der Waals surface area contributed by atoms with E-state index < -0.39 is 0 Å². The van der Waals surface area contributed by atoms with Gasteiger partial charge in [0.25, 0.3) is 0 Å². The SMILES string of the molecule is CC(=Nn1c(-c2cccs2)csc1=Nc1ccc(Cl)c(Cl)c1)c1cccnc1. The van der Waals surface area contributed by atoms with Crippen molar-refractivity contribution in [2.45, 2.75) is 6.92 Å². The summed E-state index contributed by atoms with van der Waals surface area (Å²) in [6.45, 7) is 1.96. The Labute approximate surface area is 180 Å². The smallest absolute Gasteiger partial charge is 0.211 e. The zero-order valence-electron chi connectivity index (χ0n) is 14.7. The second-order valence-electron chi connectivity index (χ2n) is 5.83. The molecule has 4 rings (SSSR count). The highest BCUT2D eigenvalue weighted by Crippen LogP contribution is 2.28. The zero-order valence-corrected chi connectivity index (χ0v) is 17.9. The highest BCUT2D eigenvalue weighted by molar-refractivity contribution is 7.14. The molecule has 3 heterocycles. The fourth-order valence-corrected chi connectivity index (χ4v) is 4.45. The molecule has 28 heavy (non-hydrogen) atoms. The van der Waals surface area contributed by atoms with Crippen LogP contribution in [0.5, 0.6) is 0 Å². The van der Waals surface area contributed by atoms with Crippen LogP contribution in [0.1, 0.15) is 12.5 Å². The first kappa shape index (κ1) is 19.1. The molecule has 0 amide bonds. The Morgan fingerprint density at radius 2 is 1.96 bits per heavy atom. The highest BCUT2D eigenvalue weighted by Gasteiger charge is 2.10. The number of hydrogen-bond acceptors (Lipinski definition) is 5. The van der Waals surface area contributed by atoms with Crippen molar-refractivity contribution < 1.29 is 0 Å². The number of aromatic nitrogens is 2. The molecule has 8 heteroatoms. The minimum Gasteiger partial charge on any atom is -0.264 e. The average Bonchev–Trinajstić information content (AvgIpc) is 3.36. The quantitative estimate of drug-likeness (QED) is 0.331. The van der Waals surface area contributed by atoms with Gasteiger partial charge in [0.15, 0.2) is 0 Å². The van der Waals surface area contributed by atoms with Crippen LogP contribution in [0, 0.1) is 0 Å². The van der Waals surface area contributed by atoms with Gasteiger partial charge < -0.3 is 0 Å². The molecule has 0 aliphatic carbocycles. The van der Waals surface area contributed by atoms with Crippen LogP contribution in [0.3, 0.4) is 0 Å². The van der Waals surface area contributed by atoms with Gasteiger partial charge in [-0.1, -0.05) is 35.3 Å².